The molecule has 11 heteroatoms. The molecule has 3 aliphatic rings. The van der Waals surface area contributed by atoms with Crippen molar-refractivity contribution in [1.29, 1.82) is 0 Å². The SMILES string of the molecule is C=CCCC(=O)N[C@H](COC)[C@H](OC(=O)[C@@H]1[C@@H]2CC[C@]3(O2)[C@H](C(=O)N(CC=C)Cc2ccccc2)N(CCCO)C(=O)[C@@H]13)c1ccccc1. The summed E-state index contributed by atoms with van der Waals surface area (Å²) in [5, 5.41) is 12.7. The van der Waals surface area contributed by atoms with Crippen LogP contribution in [-0.2, 0) is 39.9 Å². The predicted octanol–water partition coefficient (Wildman–Crippen LogP) is 3.34. The Labute approximate surface area is 287 Å². The first kappa shape index (κ1) is 36.0. The number of nitrogens with zero attached hydrogens (tertiary/aromatic N) is 2. The predicted molar refractivity (Wildman–Crippen MR) is 182 cm³/mol. The Morgan fingerprint density at radius 1 is 1.12 bits per heavy atom. The van der Waals surface area contributed by atoms with E-state index in [1.807, 2.05) is 60.7 Å². The van der Waals surface area contributed by atoms with Gasteiger partial charge in [-0.2, -0.15) is 0 Å². The molecule has 1 spiro atoms. The van der Waals surface area contributed by atoms with Gasteiger partial charge >= 0.3 is 5.97 Å². The van der Waals surface area contributed by atoms with Crippen LogP contribution in [0.5, 0.6) is 0 Å². The van der Waals surface area contributed by atoms with E-state index in [1.54, 1.807) is 17.1 Å². The van der Waals surface area contributed by atoms with E-state index in [0.29, 0.717) is 31.4 Å². The van der Waals surface area contributed by atoms with Gasteiger partial charge in [0, 0.05) is 39.8 Å². The summed E-state index contributed by atoms with van der Waals surface area (Å²) in [4.78, 5) is 59.2. The van der Waals surface area contributed by atoms with Gasteiger partial charge < -0.3 is 34.4 Å². The molecule has 3 fully saturated rings. The van der Waals surface area contributed by atoms with Gasteiger partial charge in [0.25, 0.3) is 0 Å². The number of hydrogen-bond acceptors (Lipinski definition) is 8. The first-order valence-corrected chi connectivity index (χ1v) is 17.0. The van der Waals surface area contributed by atoms with E-state index >= 15 is 0 Å². The van der Waals surface area contributed by atoms with Crippen LogP contribution >= 0.6 is 0 Å². The normalized spacial score (nSPS) is 24.9. The molecule has 0 saturated carbocycles. The monoisotopic (exact) mass is 673 g/mol. The smallest absolute Gasteiger partial charge is 0.313 e. The maximum atomic E-state index is 14.5. The Hall–Kier alpha value is -4.32. The Morgan fingerprint density at radius 3 is 2.49 bits per heavy atom. The molecule has 49 heavy (non-hydrogen) atoms. The van der Waals surface area contributed by atoms with Crippen LogP contribution in [0.1, 0.15) is 49.3 Å². The molecule has 3 heterocycles. The van der Waals surface area contributed by atoms with Crippen molar-refractivity contribution in [3.05, 3.63) is 97.1 Å². The van der Waals surface area contributed by atoms with Gasteiger partial charge in [0.15, 0.2) is 0 Å². The van der Waals surface area contributed by atoms with E-state index in [1.165, 1.54) is 12.0 Å². The minimum atomic E-state index is -1.23. The number of benzene rings is 2. The number of carbonyl (C=O) groups is 4. The van der Waals surface area contributed by atoms with Crippen molar-refractivity contribution < 1.29 is 38.5 Å². The van der Waals surface area contributed by atoms with Gasteiger partial charge in [0.1, 0.15) is 17.7 Å². The third-order valence-corrected chi connectivity index (χ3v) is 9.75. The third kappa shape index (κ3) is 7.49. The van der Waals surface area contributed by atoms with E-state index < -0.39 is 47.7 Å². The molecule has 3 amide bonds. The standard InChI is InChI=1S/C38H47N3O8/c1-4-6-18-30(43)39-28(25-47-3)33(27-16-11-8-12-17-27)48-37(46)31-29-19-20-38(49-29)32(31)35(44)41(22-13-23-42)34(38)36(45)40(21-5-2)24-26-14-9-7-10-15-26/h4-5,7-12,14-17,28-29,31-34,42H,1-2,6,13,18-25H2,3H3,(H,39,43)/t28-,29+,31-,32-,33-,34+,38-/m1/s1. The number of fused-ring (bicyclic) bond motifs is 1. The highest BCUT2D eigenvalue weighted by Crippen LogP contribution is 2.59. The number of amides is 3. The van der Waals surface area contributed by atoms with Gasteiger partial charge in [-0.05, 0) is 36.8 Å². The third-order valence-electron chi connectivity index (χ3n) is 9.75. The molecular formula is C38H47N3O8. The molecule has 0 radical (unpaired) electrons. The number of ether oxygens (including phenoxy) is 3. The topological polar surface area (TPSA) is 135 Å². The van der Waals surface area contributed by atoms with Crippen molar-refractivity contribution in [2.24, 2.45) is 11.8 Å². The average molecular weight is 674 g/mol. The number of likely N-dealkylation sites (tertiary alicyclic amines) is 1. The van der Waals surface area contributed by atoms with Gasteiger partial charge in [-0.3, -0.25) is 19.2 Å². The summed E-state index contributed by atoms with van der Waals surface area (Å²) in [6.07, 6.45) is 3.60. The molecule has 0 unspecified atom stereocenters. The molecular weight excluding hydrogens is 626 g/mol. The van der Waals surface area contributed by atoms with Crippen LogP contribution < -0.4 is 5.32 Å². The fourth-order valence-corrected chi connectivity index (χ4v) is 7.67. The zero-order valence-corrected chi connectivity index (χ0v) is 28.1. The van der Waals surface area contributed by atoms with Gasteiger partial charge in [-0.1, -0.05) is 72.8 Å². The molecule has 2 aromatic carbocycles. The summed E-state index contributed by atoms with van der Waals surface area (Å²) < 4.78 is 18.3. The first-order chi connectivity index (χ1) is 23.8. The number of methoxy groups -OCH3 is 1. The van der Waals surface area contributed by atoms with Crippen molar-refractivity contribution >= 4 is 23.7 Å². The summed E-state index contributed by atoms with van der Waals surface area (Å²) in [6, 6.07) is 16.9. The Morgan fingerprint density at radius 2 is 1.84 bits per heavy atom. The highest BCUT2D eigenvalue weighted by Gasteiger charge is 2.75. The zero-order valence-electron chi connectivity index (χ0n) is 28.1. The Balaban J connectivity index is 1.46. The fourth-order valence-electron chi connectivity index (χ4n) is 7.67. The lowest BCUT2D eigenvalue weighted by atomic mass is 9.70. The molecule has 0 aromatic heterocycles. The molecule has 7 atom stereocenters. The first-order valence-electron chi connectivity index (χ1n) is 17.0. The van der Waals surface area contributed by atoms with Crippen molar-refractivity contribution in [3.8, 4) is 0 Å². The van der Waals surface area contributed by atoms with Crippen LogP contribution in [0.15, 0.2) is 86.0 Å². The van der Waals surface area contributed by atoms with Crippen LogP contribution in [-0.4, -0.2) is 95.8 Å². The second-order valence-corrected chi connectivity index (χ2v) is 12.9. The van der Waals surface area contributed by atoms with E-state index in [0.717, 1.165) is 5.56 Å². The van der Waals surface area contributed by atoms with Crippen LogP contribution in [0.3, 0.4) is 0 Å². The summed E-state index contributed by atoms with van der Waals surface area (Å²) in [5.74, 6) is -3.46. The second kappa shape index (κ2) is 16.4. The maximum Gasteiger partial charge on any atom is 0.313 e. The molecule has 11 nitrogen and oxygen atoms in total. The lowest BCUT2D eigenvalue weighted by Gasteiger charge is -2.37. The molecule has 3 aliphatic heterocycles. The van der Waals surface area contributed by atoms with Crippen molar-refractivity contribution in [2.75, 3.05) is 33.4 Å². The molecule has 2 bridgehead atoms. The Kier molecular flexibility index (Phi) is 12.0. The summed E-state index contributed by atoms with van der Waals surface area (Å²) >= 11 is 0. The Bertz CT molecular complexity index is 1490. The van der Waals surface area contributed by atoms with E-state index in [4.69, 9.17) is 14.2 Å². The molecule has 0 aliphatic carbocycles. The van der Waals surface area contributed by atoms with E-state index in [9.17, 15) is 24.3 Å². The van der Waals surface area contributed by atoms with Crippen LogP contribution in [0.4, 0.5) is 0 Å². The van der Waals surface area contributed by atoms with Gasteiger partial charge in [-0.25, -0.2) is 0 Å². The summed E-state index contributed by atoms with van der Waals surface area (Å²) in [5.41, 5.74) is 0.337. The highest BCUT2D eigenvalue weighted by atomic mass is 16.6. The largest absolute Gasteiger partial charge is 0.455 e. The zero-order chi connectivity index (χ0) is 35.0. The number of allylic oxidation sites excluding steroid dienone is 1. The molecule has 2 aromatic rings. The highest BCUT2D eigenvalue weighted by molar-refractivity contribution is 5.98. The summed E-state index contributed by atoms with van der Waals surface area (Å²) in [7, 11) is 1.50. The number of carbonyl (C=O) groups excluding carboxylic acids is 4. The quantitative estimate of drug-likeness (QED) is 0.182. The van der Waals surface area contributed by atoms with Crippen molar-refractivity contribution in [1.82, 2.24) is 15.1 Å². The number of nitrogens with one attached hydrogen (secondary N) is 1. The minimum Gasteiger partial charge on any atom is -0.455 e. The molecule has 5 rings (SSSR count). The van der Waals surface area contributed by atoms with Gasteiger partial charge in [0.05, 0.1) is 30.6 Å². The number of aliphatic hydroxyl groups excluding tert-OH is 1. The van der Waals surface area contributed by atoms with Gasteiger partial charge in [-0.15, -0.1) is 13.2 Å². The molecule has 262 valence electrons. The van der Waals surface area contributed by atoms with Crippen molar-refractivity contribution in [3.63, 3.8) is 0 Å². The number of hydrogen-bond donors (Lipinski definition) is 2. The molecule has 3 saturated heterocycles. The fraction of sp³-hybridized carbons (Fsp3) is 0.474. The second-order valence-electron chi connectivity index (χ2n) is 12.9. The number of esters is 1. The van der Waals surface area contributed by atoms with Crippen LogP contribution in [0.25, 0.3) is 0 Å². The van der Waals surface area contributed by atoms with Gasteiger partial charge in [0.2, 0.25) is 17.7 Å². The minimum absolute atomic E-state index is 0.0651. The lowest BCUT2D eigenvalue weighted by molar-refractivity contribution is -0.163. The van der Waals surface area contributed by atoms with Crippen LogP contribution in [0.2, 0.25) is 0 Å². The maximum absolute atomic E-state index is 14.5. The van der Waals surface area contributed by atoms with E-state index in [-0.39, 0.29) is 56.9 Å². The number of rotatable bonds is 18. The average Bonchev–Trinajstić information content (AvgIpc) is 3.76. The lowest BCUT2D eigenvalue weighted by Crippen LogP contribution is -2.56. The van der Waals surface area contributed by atoms with Crippen molar-refractivity contribution in [2.45, 2.75) is 68.5 Å². The number of aliphatic hydroxyl groups is 1. The molecule has 2 N–H and O–H groups in total. The van der Waals surface area contributed by atoms with E-state index in [2.05, 4.69) is 18.5 Å². The van der Waals surface area contributed by atoms with Crippen LogP contribution in [0, 0.1) is 11.8 Å². The summed E-state index contributed by atoms with van der Waals surface area (Å²) in [6.45, 7) is 8.12.